The smallest absolute Gasteiger partial charge is 0.341 e. The van der Waals surface area contributed by atoms with Crippen LogP contribution in [0.2, 0.25) is 0 Å². The zero-order valence-corrected chi connectivity index (χ0v) is 20.5. The van der Waals surface area contributed by atoms with E-state index in [1.54, 1.807) is 19.1 Å². The summed E-state index contributed by atoms with van der Waals surface area (Å²) in [5.41, 5.74) is 2.39. The van der Waals surface area contributed by atoms with E-state index in [1.807, 2.05) is 51.1 Å². The van der Waals surface area contributed by atoms with Gasteiger partial charge < -0.3 is 9.72 Å². The molecule has 0 amide bonds. The van der Waals surface area contributed by atoms with Gasteiger partial charge in [-0.1, -0.05) is 49.6 Å². The van der Waals surface area contributed by atoms with Crippen LogP contribution in [-0.2, 0) is 14.8 Å². The lowest BCUT2D eigenvalue weighted by atomic mass is 9.96. The van der Waals surface area contributed by atoms with E-state index in [0.29, 0.717) is 22.4 Å². The number of hydrogen-bond acceptors (Lipinski definition) is 4. The lowest BCUT2D eigenvalue weighted by Gasteiger charge is -2.23. The molecule has 33 heavy (non-hydrogen) atoms. The summed E-state index contributed by atoms with van der Waals surface area (Å²) in [6.45, 7) is 7.27. The molecule has 0 saturated heterocycles. The van der Waals surface area contributed by atoms with Gasteiger partial charge in [-0.15, -0.1) is 0 Å². The molecule has 2 N–H and O–H groups in total. The number of esters is 1. The number of rotatable bonds is 5. The molecule has 3 aromatic rings. The number of ether oxygens (including phenoxy) is 1. The number of fused-ring (bicyclic) bond motifs is 1. The molecule has 1 aliphatic rings. The van der Waals surface area contributed by atoms with Gasteiger partial charge in [0.25, 0.3) is 0 Å². The molecular weight excluding hydrogens is 436 g/mol. The first-order valence-corrected chi connectivity index (χ1v) is 13.0. The van der Waals surface area contributed by atoms with E-state index in [-0.39, 0.29) is 10.9 Å². The van der Waals surface area contributed by atoms with Crippen LogP contribution in [0.5, 0.6) is 0 Å². The highest BCUT2D eigenvalue weighted by Crippen LogP contribution is 2.34. The highest BCUT2D eigenvalue weighted by atomic mass is 32.2. The first kappa shape index (κ1) is 23.5. The highest BCUT2D eigenvalue weighted by Gasteiger charge is 2.27. The van der Waals surface area contributed by atoms with Gasteiger partial charge in [-0.3, -0.25) is 0 Å². The summed E-state index contributed by atoms with van der Waals surface area (Å²) in [5, 5.41) is 0.743. The number of benzene rings is 2. The fraction of sp³-hybridized carbons (Fsp3) is 0.423. The fourth-order valence-corrected chi connectivity index (χ4v) is 6.02. The average Bonchev–Trinajstić information content (AvgIpc) is 3.13. The number of aromatic amines is 1. The summed E-state index contributed by atoms with van der Waals surface area (Å²) >= 11 is 0. The largest absolute Gasteiger partial charge is 0.456 e. The van der Waals surface area contributed by atoms with Crippen LogP contribution < -0.4 is 4.72 Å². The van der Waals surface area contributed by atoms with Crippen LogP contribution in [0.1, 0.15) is 68.8 Å². The summed E-state index contributed by atoms with van der Waals surface area (Å²) < 4.78 is 35.1. The van der Waals surface area contributed by atoms with Gasteiger partial charge in [-0.05, 0) is 58.2 Å². The van der Waals surface area contributed by atoms with Gasteiger partial charge in [0.05, 0.1) is 16.2 Å². The maximum absolute atomic E-state index is 13.3. The molecule has 1 heterocycles. The summed E-state index contributed by atoms with van der Waals surface area (Å²) in [6.07, 6.45) is 4.97. The van der Waals surface area contributed by atoms with Crippen LogP contribution in [-0.4, -0.2) is 31.0 Å². The second-order valence-corrected chi connectivity index (χ2v) is 11.5. The topological polar surface area (TPSA) is 88.3 Å². The van der Waals surface area contributed by atoms with Crippen molar-refractivity contribution in [2.75, 3.05) is 0 Å². The van der Waals surface area contributed by atoms with Crippen molar-refractivity contribution in [3.8, 4) is 11.3 Å². The van der Waals surface area contributed by atoms with Gasteiger partial charge >= 0.3 is 5.97 Å². The molecule has 4 rings (SSSR count). The van der Waals surface area contributed by atoms with Crippen LogP contribution in [0.15, 0.2) is 47.4 Å². The number of aromatic nitrogens is 1. The summed E-state index contributed by atoms with van der Waals surface area (Å²) in [7, 11) is -3.69. The molecule has 7 heteroatoms. The quantitative estimate of drug-likeness (QED) is 0.470. The van der Waals surface area contributed by atoms with Crippen LogP contribution >= 0.6 is 0 Å². The first-order chi connectivity index (χ1) is 15.5. The van der Waals surface area contributed by atoms with Crippen LogP contribution in [0.25, 0.3) is 22.2 Å². The molecule has 0 bridgehead atoms. The number of hydrogen-bond donors (Lipinski definition) is 2. The summed E-state index contributed by atoms with van der Waals surface area (Å²) in [5.74, 6) is -0.444. The third-order valence-corrected chi connectivity index (χ3v) is 7.66. The minimum atomic E-state index is -3.69. The van der Waals surface area contributed by atoms with E-state index in [4.69, 9.17) is 4.74 Å². The highest BCUT2D eigenvalue weighted by molar-refractivity contribution is 7.89. The Morgan fingerprint density at radius 3 is 2.45 bits per heavy atom. The second kappa shape index (κ2) is 8.95. The van der Waals surface area contributed by atoms with E-state index in [2.05, 4.69) is 9.71 Å². The number of carbonyl (C=O) groups is 1. The molecule has 6 nitrogen and oxygen atoms in total. The van der Waals surface area contributed by atoms with Crippen LogP contribution in [0.4, 0.5) is 0 Å². The minimum Gasteiger partial charge on any atom is -0.456 e. The predicted octanol–water partition coefficient (Wildman–Crippen LogP) is 5.71. The molecule has 2 aromatic carbocycles. The van der Waals surface area contributed by atoms with E-state index in [9.17, 15) is 13.2 Å². The summed E-state index contributed by atoms with van der Waals surface area (Å²) in [4.78, 5) is 16.7. The molecule has 0 unspecified atom stereocenters. The van der Waals surface area contributed by atoms with Crippen molar-refractivity contribution in [3.05, 3.63) is 53.6 Å². The Balaban J connectivity index is 1.79. The van der Waals surface area contributed by atoms with Crippen LogP contribution in [0, 0.1) is 6.92 Å². The third kappa shape index (κ3) is 5.14. The Morgan fingerprint density at radius 2 is 1.76 bits per heavy atom. The number of H-pyrrole nitrogens is 1. The van der Waals surface area contributed by atoms with Gasteiger partial charge in [0.15, 0.2) is 0 Å². The summed E-state index contributed by atoms with van der Waals surface area (Å²) in [6, 6.07) is 12.8. The van der Waals surface area contributed by atoms with E-state index < -0.39 is 21.6 Å². The number of sulfonamides is 1. The molecule has 1 aliphatic carbocycles. The second-order valence-electron chi connectivity index (χ2n) is 9.86. The molecule has 0 aliphatic heterocycles. The average molecular weight is 469 g/mol. The predicted molar refractivity (Wildman–Crippen MR) is 131 cm³/mol. The molecule has 0 radical (unpaired) electrons. The number of para-hydroxylation sites is 1. The Bertz CT molecular complexity index is 1280. The first-order valence-electron chi connectivity index (χ1n) is 11.5. The van der Waals surface area contributed by atoms with E-state index in [0.717, 1.165) is 43.0 Å². The van der Waals surface area contributed by atoms with Gasteiger partial charge in [-0.2, -0.15) is 0 Å². The Kier molecular flexibility index (Phi) is 6.38. The van der Waals surface area contributed by atoms with Crippen molar-refractivity contribution in [1.82, 2.24) is 9.71 Å². The lowest BCUT2D eigenvalue weighted by Crippen LogP contribution is -2.36. The molecule has 1 fully saturated rings. The van der Waals surface area contributed by atoms with Crippen molar-refractivity contribution < 1.29 is 17.9 Å². The van der Waals surface area contributed by atoms with E-state index >= 15 is 0 Å². The number of aryl methyl sites for hydroxylation is 1. The molecule has 0 spiro atoms. The van der Waals surface area contributed by atoms with E-state index in [1.165, 1.54) is 0 Å². The Hall–Kier alpha value is -2.64. The molecule has 176 valence electrons. The lowest BCUT2D eigenvalue weighted by molar-refractivity contribution is 0.00728. The zero-order chi connectivity index (χ0) is 23.8. The number of carbonyl (C=O) groups excluding carboxylic acids is 1. The van der Waals surface area contributed by atoms with Gasteiger partial charge in [0.1, 0.15) is 5.60 Å². The molecule has 1 saturated carbocycles. The Morgan fingerprint density at radius 1 is 1.06 bits per heavy atom. The van der Waals surface area contributed by atoms with Crippen molar-refractivity contribution in [3.63, 3.8) is 0 Å². The van der Waals surface area contributed by atoms with Gasteiger partial charge in [-0.25, -0.2) is 17.9 Å². The van der Waals surface area contributed by atoms with Crippen molar-refractivity contribution in [2.24, 2.45) is 0 Å². The minimum absolute atomic E-state index is 0.0304. The monoisotopic (exact) mass is 468 g/mol. The van der Waals surface area contributed by atoms with Gasteiger partial charge in [0.2, 0.25) is 10.0 Å². The van der Waals surface area contributed by atoms with Gasteiger partial charge in [0, 0.05) is 22.5 Å². The Labute approximate surface area is 195 Å². The maximum atomic E-state index is 13.3. The van der Waals surface area contributed by atoms with Crippen molar-refractivity contribution in [2.45, 2.75) is 76.3 Å². The maximum Gasteiger partial charge on any atom is 0.341 e. The molecule has 1 aromatic heterocycles. The normalized spacial score (nSPS) is 15.6. The standard InChI is InChI=1S/C26H32N2O4S/c1-17-14-15-18(16-22(17)33(30,31)28-19-10-6-5-7-11-19)24-23(25(29)32-26(2,3)4)20-12-8-9-13-21(20)27-24/h8-9,12-16,19,27-28H,5-7,10-11H2,1-4H3. The zero-order valence-electron chi connectivity index (χ0n) is 19.7. The molecule has 0 atom stereocenters. The van der Waals surface area contributed by atoms with Crippen molar-refractivity contribution >= 4 is 26.9 Å². The number of nitrogens with one attached hydrogen (secondary N) is 2. The fourth-order valence-electron chi connectivity index (χ4n) is 4.45. The molecular formula is C26H32N2O4S. The van der Waals surface area contributed by atoms with Crippen molar-refractivity contribution in [1.29, 1.82) is 0 Å². The third-order valence-electron chi connectivity index (χ3n) is 6.00. The van der Waals surface area contributed by atoms with Crippen LogP contribution in [0.3, 0.4) is 0 Å². The SMILES string of the molecule is Cc1ccc(-c2[nH]c3ccccc3c2C(=O)OC(C)(C)C)cc1S(=O)(=O)NC1CCCCC1.